The molecule has 4 rings (SSSR count). The number of aromatic nitrogens is 1. The Morgan fingerprint density at radius 2 is 1.96 bits per heavy atom. The van der Waals surface area contributed by atoms with Crippen LogP contribution in [0.1, 0.15) is 16.0 Å². The molecule has 27 heavy (non-hydrogen) atoms. The predicted octanol–water partition coefficient (Wildman–Crippen LogP) is 4.26. The molecule has 0 amide bonds. The summed E-state index contributed by atoms with van der Waals surface area (Å²) in [5.41, 5.74) is 3.92. The highest BCUT2D eigenvalue weighted by molar-refractivity contribution is 7.10. The number of aryl methyl sites for hydroxylation is 1. The normalized spacial score (nSPS) is 13.9. The van der Waals surface area contributed by atoms with Crippen LogP contribution in [0.2, 0.25) is 0 Å². The second-order valence-electron chi connectivity index (χ2n) is 6.24. The van der Waals surface area contributed by atoms with Crippen LogP contribution in [0.15, 0.2) is 58.3 Å². The highest BCUT2D eigenvalue weighted by Crippen LogP contribution is 2.34. The van der Waals surface area contributed by atoms with Crippen LogP contribution in [0.5, 0.6) is 11.6 Å². The molecule has 5 nitrogen and oxygen atoms in total. The van der Waals surface area contributed by atoms with Crippen molar-refractivity contribution in [2.45, 2.75) is 13.5 Å². The largest absolute Gasteiger partial charge is 0.493 e. The van der Waals surface area contributed by atoms with Gasteiger partial charge in [-0.1, -0.05) is 47.2 Å². The fraction of sp³-hybridized carbons (Fsp3) is 0.143. The maximum Gasteiger partial charge on any atom is 0.310 e. The fourth-order valence-electron chi connectivity index (χ4n) is 2.89. The second kappa shape index (κ2) is 7.25. The minimum Gasteiger partial charge on any atom is -0.493 e. The lowest BCUT2D eigenvalue weighted by Crippen LogP contribution is -2.17. The van der Waals surface area contributed by atoms with Crippen molar-refractivity contribution in [2.75, 3.05) is 6.61 Å². The van der Waals surface area contributed by atoms with E-state index in [1.54, 1.807) is 12.3 Å². The van der Waals surface area contributed by atoms with Gasteiger partial charge in [0.15, 0.2) is 0 Å². The Kier molecular flexibility index (Phi) is 4.64. The van der Waals surface area contributed by atoms with Crippen LogP contribution in [0.25, 0.3) is 11.6 Å². The number of thiazole rings is 1. The van der Waals surface area contributed by atoms with Gasteiger partial charge in [0.1, 0.15) is 12.4 Å². The molecule has 1 aliphatic heterocycles. The lowest BCUT2D eigenvalue weighted by molar-refractivity contribution is 0.286. The number of aliphatic imine (C=N–C) groups is 1. The van der Waals surface area contributed by atoms with Gasteiger partial charge in [-0.15, -0.1) is 0 Å². The van der Waals surface area contributed by atoms with Gasteiger partial charge >= 0.3 is 4.87 Å². The van der Waals surface area contributed by atoms with Crippen LogP contribution >= 0.6 is 11.3 Å². The summed E-state index contributed by atoms with van der Waals surface area (Å²) in [4.78, 5) is 16.9. The van der Waals surface area contributed by atoms with Crippen LogP contribution in [0.4, 0.5) is 5.69 Å². The SMILES string of the molecule is Cc1ccc(OCCn2c(O)c(/C=C3/C=Nc4ccccc43)sc2=O)cc1. The van der Waals surface area contributed by atoms with Gasteiger partial charge in [-0.25, -0.2) is 0 Å². The third-order valence-corrected chi connectivity index (χ3v) is 5.26. The summed E-state index contributed by atoms with van der Waals surface area (Å²) in [7, 11) is 0. The van der Waals surface area contributed by atoms with Gasteiger partial charge in [-0.05, 0) is 31.2 Å². The molecule has 0 spiro atoms. The molecule has 0 aliphatic carbocycles. The number of benzene rings is 2. The average molecular weight is 378 g/mol. The highest BCUT2D eigenvalue weighted by atomic mass is 32.1. The Labute approximate surface area is 160 Å². The third kappa shape index (κ3) is 3.57. The van der Waals surface area contributed by atoms with Gasteiger partial charge in [-0.3, -0.25) is 14.4 Å². The first-order valence-electron chi connectivity index (χ1n) is 8.59. The number of ether oxygens (including phenoxy) is 1. The van der Waals surface area contributed by atoms with E-state index in [4.69, 9.17) is 4.74 Å². The molecule has 1 aliphatic rings. The number of para-hydroxylation sites is 1. The minimum atomic E-state index is -0.213. The van der Waals surface area contributed by atoms with E-state index in [0.29, 0.717) is 11.5 Å². The van der Waals surface area contributed by atoms with Gasteiger partial charge in [0, 0.05) is 17.4 Å². The van der Waals surface area contributed by atoms with Crippen molar-refractivity contribution in [3.8, 4) is 11.6 Å². The summed E-state index contributed by atoms with van der Waals surface area (Å²) in [6.07, 6.45) is 3.55. The summed E-state index contributed by atoms with van der Waals surface area (Å²) >= 11 is 1.01. The maximum atomic E-state index is 12.3. The number of rotatable bonds is 5. The van der Waals surface area contributed by atoms with Crippen LogP contribution < -0.4 is 9.61 Å². The standard InChI is InChI=1S/C21H18N2O3S/c1-14-6-8-16(9-7-14)26-11-10-23-20(24)19(27-21(23)25)12-15-13-22-18-5-3-2-4-17(15)18/h2-9,12-13,24H,10-11H2,1H3/b15-12-. The van der Waals surface area contributed by atoms with E-state index >= 15 is 0 Å². The Morgan fingerprint density at radius 3 is 2.78 bits per heavy atom. The molecule has 6 heteroatoms. The molecule has 2 heterocycles. The summed E-state index contributed by atoms with van der Waals surface area (Å²) in [6.45, 7) is 2.59. The van der Waals surface area contributed by atoms with Crippen molar-refractivity contribution in [1.29, 1.82) is 0 Å². The lowest BCUT2D eigenvalue weighted by atomic mass is 10.1. The number of allylic oxidation sites excluding steroid dienone is 1. The maximum absolute atomic E-state index is 12.3. The number of aromatic hydroxyl groups is 1. The zero-order chi connectivity index (χ0) is 18.8. The summed E-state index contributed by atoms with van der Waals surface area (Å²) in [5.74, 6) is 0.701. The van der Waals surface area contributed by atoms with Crippen molar-refractivity contribution in [1.82, 2.24) is 4.57 Å². The van der Waals surface area contributed by atoms with Crippen molar-refractivity contribution in [2.24, 2.45) is 4.99 Å². The number of fused-ring (bicyclic) bond motifs is 1. The average Bonchev–Trinajstić information content (AvgIpc) is 3.19. The molecule has 0 unspecified atom stereocenters. The zero-order valence-corrected chi connectivity index (χ0v) is 15.6. The first-order valence-corrected chi connectivity index (χ1v) is 9.41. The van der Waals surface area contributed by atoms with E-state index in [9.17, 15) is 9.90 Å². The zero-order valence-electron chi connectivity index (χ0n) is 14.8. The van der Waals surface area contributed by atoms with E-state index in [2.05, 4.69) is 4.99 Å². The Morgan fingerprint density at radius 1 is 1.19 bits per heavy atom. The van der Waals surface area contributed by atoms with Crippen LogP contribution in [0, 0.1) is 6.92 Å². The fourth-order valence-corrected chi connectivity index (χ4v) is 3.75. The quantitative estimate of drug-likeness (QED) is 0.721. The summed E-state index contributed by atoms with van der Waals surface area (Å²) in [5, 5.41) is 10.5. The summed E-state index contributed by atoms with van der Waals surface area (Å²) < 4.78 is 7.00. The minimum absolute atomic E-state index is 0.0391. The van der Waals surface area contributed by atoms with Crippen molar-refractivity contribution in [3.05, 3.63) is 74.2 Å². The van der Waals surface area contributed by atoms with E-state index in [0.717, 1.165) is 39.5 Å². The van der Waals surface area contributed by atoms with Crippen molar-refractivity contribution < 1.29 is 9.84 Å². The monoisotopic (exact) mass is 378 g/mol. The summed E-state index contributed by atoms with van der Waals surface area (Å²) in [6, 6.07) is 15.5. The van der Waals surface area contributed by atoms with Gasteiger partial charge in [0.2, 0.25) is 5.88 Å². The molecule has 136 valence electrons. The Bertz CT molecular complexity index is 1090. The Balaban J connectivity index is 1.51. The van der Waals surface area contributed by atoms with Crippen LogP contribution in [-0.2, 0) is 6.54 Å². The van der Waals surface area contributed by atoms with E-state index < -0.39 is 0 Å². The molecule has 0 bridgehead atoms. The van der Waals surface area contributed by atoms with Gasteiger partial charge in [0.05, 0.1) is 17.1 Å². The second-order valence-corrected chi connectivity index (χ2v) is 7.24. The van der Waals surface area contributed by atoms with Crippen LogP contribution in [0.3, 0.4) is 0 Å². The molecule has 2 aromatic carbocycles. The molecule has 3 aromatic rings. The van der Waals surface area contributed by atoms with Crippen molar-refractivity contribution >= 4 is 34.9 Å². The van der Waals surface area contributed by atoms with E-state index in [-0.39, 0.29) is 17.3 Å². The molecule has 0 radical (unpaired) electrons. The first-order chi connectivity index (χ1) is 13.1. The number of hydrogen-bond acceptors (Lipinski definition) is 5. The molecule has 0 saturated heterocycles. The van der Waals surface area contributed by atoms with Crippen LogP contribution in [-0.4, -0.2) is 22.5 Å². The third-order valence-electron chi connectivity index (χ3n) is 4.34. The molecule has 0 saturated carbocycles. The van der Waals surface area contributed by atoms with Gasteiger partial charge < -0.3 is 9.84 Å². The smallest absolute Gasteiger partial charge is 0.310 e. The predicted molar refractivity (Wildman–Crippen MR) is 109 cm³/mol. The van der Waals surface area contributed by atoms with E-state index in [1.807, 2.05) is 55.5 Å². The molecule has 0 fully saturated rings. The number of hydrogen-bond donors (Lipinski definition) is 1. The molecule has 0 atom stereocenters. The topological polar surface area (TPSA) is 63.8 Å². The molecule has 1 N–H and O–H groups in total. The van der Waals surface area contributed by atoms with E-state index in [1.165, 1.54) is 4.57 Å². The van der Waals surface area contributed by atoms with Gasteiger partial charge in [-0.2, -0.15) is 0 Å². The molecule has 1 aromatic heterocycles. The van der Waals surface area contributed by atoms with Gasteiger partial charge in [0.25, 0.3) is 0 Å². The molecular formula is C21H18N2O3S. The first kappa shape index (κ1) is 17.3. The highest BCUT2D eigenvalue weighted by Gasteiger charge is 2.16. The van der Waals surface area contributed by atoms with Crippen molar-refractivity contribution in [3.63, 3.8) is 0 Å². The Hall–Kier alpha value is -3.12. The number of nitrogens with zero attached hydrogens (tertiary/aromatic N) is 2. The molecular weight excluding hydrogens is 360 g/mol. The lowest BCUT2D eigenvalue weighted by Gasteiger charge is -2.07.